The highest BCUT2D eigenvalue weighted by atomic mass is 19.1. The predicted octanol–water partition coefficient (Wildman–Crippen LogP) is 2.58. The van der Waals surface area contributed by atoms with Crippen LogP contribution in [-0.4, -0.2) is 4.98 Å². The number of benzene rings is 1. The number of hydrogen-bond acceptors (Lipinski definition) is 3. The Morgan fingerprint density at radius 1 is 1.26 bits per heavy atom. The van der Waals surface area contributed by atoms with Crippen LogP contribution in [0.25, 0.3) is 0 Å². The molecule has 0 saturated carbocycles. The molecular weight excluding hydrogens is 241 g/mol. The third kappa shape index (κ3) is 3.36. The van der Waals surface area contributed by atoms with Gasteiger partial charge in [-0.3, -0.25) is 16.3 Å². The number of hydrazine groups is 1. The Labute approximate surface area is 112 Å². The molecule has 2 aromatic rings. The molecule has 2 rings (SSSR count). The molecule has 0 aliphatic rings. The van der Waals surface area contributed by atoms with Crippen LogP contribution < -0.4 is 11.3 Å². The summed E-state index contributed by atoms with van der Waals surface area (Å²) in [4.78, 5) is 4.43. The highest BCUT2D eigenvalue weighted by Gasteiger charge is 2.14. The van der Waals surface area contributed by atoms with Crippen LogP contribution >= 0.6 is 0 Å². The second-order valence-corrected chi connectivity index (χ2v) is 4.68. The Bertz CT molecular complexity index is 569. The summed E-state index contributed by atoms with van der Waals surface area (Å²) in [5.41, 5.74) is 6.65. The van der Waals surface area contributed by atoms with Crippen molar-refractivity contribution >= 4 is 0 Å². The molecule has 1 unspecified atom stereocenters. The summed E-state index contributed by atoms with van der Waals surface area (Å²) in [5, 5.41) is 0. The van der Waals surface area contributed by atoms with E-state index in [1.54, 1.807) is 6.07 Å². The maximum absolute atomic E-state index is 13.2. The third-order valence-electron chi connectivity index (χ3n) is 3.17. The van der Waals surface area contributed by atoms with E-state index in [4.69, 9.17) is 5.84 Å². The largest absolute Gasteiger partial charge is 0.271 e. The molecule has 0 bridgehead atoms. The van der Waals surface area contributed by atoms with Crippen molar-refractivity contribution in [1.82, 2.24) is 10.4 Å². The lowest BCUT2D eigenvalue weighted by molar-refractivity contribution is 0.543. The molecule has 4 heteroatoms. The van der Waals surface area contributed by atoms with E-state index in [2.05, 4.69) is 10.4 Å². The van der Waals surface area contributed by atoms with Crippen molar-refractivity contribution in [3.05, 3.63) is 64.7 Å². The zero-order valence-electron chi connectivity index (χ0n) is 11.2. The lowest BCUT2D eigenvalue weighted by Gasteiger charge is -2.18. The SMILES string of the molecule is Cc1ccc(C(Cc2cccc(F)c2)NN)c(C)n1. The minimum absolute atomic E-state index is 0.0742. The van der Waals surface area contributed by atoms with Gasteiger partial charge >= 0.3 is 0 Å². The van der Waals surface area contributed by atoms with Gasteiger partial charge in [0.25, 0.3) is 0 Å². The summed E-state index contributed by atoms with van der Waals surface area (Å²) in [6, 6.07) is 10.5. The van der Waals surface area contributed by atoms with E-state index in [-0.39, 0.29) is 11.9 Å². The van der Waals surface area contributed by atoms with Crippen molar-refractivity contribution in [1.29, 1.82) is 0 Å². The minimum Gasteiger partial charge on any atom is -0.271 e. The molecule has 3 nitrogen and oxygen atoms in total. The van der Waals surface area contributed by atoms with Crippen molar-refractivity contribution in [2.45, 2.75) is 26.3 Å². The molecule has 19 heavy (non-hydrogen) atoms. The van der Waals surface area contributed by atoms with Crippen LogP contribution in [0.3, 0.4) is 0 Å². The molecular formula is C15H18FN3. The molecule has 1 heterocycles. The van der Waals surface area contributed by atoms with Gasteiger partial charge in [-0.1, -0.05) is 18.2 Å². The Kier molecular flexibility index (Phi) is 4.24. The Morgan fingerprint density at radius 2 is 2.05 bits per heavy atom. The molecule has 0 aliphatic heterocycles. The van der Waals surface area contributed by atoms with E-state index >= 15 is 0 Å². The van der Waals surface area contributed by atoms with Gasteiger partial charge in [-0.25, -0.2) is 4.39 Å². The highest BCUT2D eigenvalue weighted by Crippen LogP contribution is 2.20. The molecule has 0 fully saturated rings. The summed E-state index contributed by atoms with van der Waals surface area (Å²) >= 11 is 0. The monoisotopic (exact) mass is 259 g/mol. The van der Waals surface area contributed by atoms with Gasteiger partial charge in [0.2, 0.25) is 0 Å². The van der Waals surface area contributed by atoms with E-state index in [0.717, 1.165) is 22.5 Å². The Balaban J connectivity index is 2.25. The standard InChI is InChI=1S/C15H18FN3/c1-10-6-7-14(11(2)18-10)15(19-17)9-12-4-3-5-13(16)8-12/h3-8,15,19H,9,17H2,1-2H3. The van der Waals surface area contributed by atoms with E-state index in [1.807, 2.05) is 32.0 Å². The topological polar surface area (TPSA) is 50.9 Å². The Hall–Kier alpha value is -1.78. The van der Waals surface area contributed by atoms with E-state index in [9.17, 15) is 4.39 Å². The molecule has 1 aromatic carbocycles. The molecule has 0 saturated heterocycles. The fourth-order valence-corrected chi connectivity index (χ4v) is 2.22. The van der Waals surface area contributed by atoms with Gasteiger partial charge in [0.15, 0.2) is 0 Å². The summed E-state index contributed by atoms with van der Waals surface area (Å²) in [6.45, 7) is 3.91. The van der Waals surface area contributed by atoms with E-state index in [0.29, 0.717) is 6.42 Å². The zero-order chi connectivity index (χ0) is 13.8. The minimum atomic E-state index is -0.230. The molecule has 0 aliphatic carbocycles. The summed E-state index contributed by atoms with van der Waals surface area (Å²) in [5.74, 6) is 5.40. The van der Waals surface area contributed by atoms with Crippen LogP contribution in [-0.2, 0) is 6.42 Å². The van der Waals surface area contributed by atoms with Crippen molar-refractivity contribution in [2.24, 2.45) is 5.84 Å². The van der Waals surface area contributed by atoms with Crippen LogP contribution in [0.4, 0.5) is 4.39 Å². The van der Waals surface area contributed by atoms with E-state index in [1.165, 1.54) is 12.1 Å². The summed E-state index contributed by atoms with van der Waals surface area (Å²) < 4.78 is 13.2. The molecule has 0 spiro atoms. The lowest BCUT2D eigenvalue weighted by Crippen LogP contribution is -2.30. The normalized spacial score (nSPS) is 12.4. The van der Waals surface area contributed by atoms with Gasteiger partial charge in [-0.05, 0) is 49.6 Å². The maximum atomic E-state index is 13.2. The fraction of sp³-hybridized carbons (Fsp3) is 0.267. The van der Waals surface area contributed by atoms with Gasteiger partial charge < -0.3 is 0 Å². The van der Waals surface area contributed by atoms with E-state index < -0.39 is 0 Å². The number of pyridine rings is 1. The number of hydrogen-bond donors (Lipinski definition) is 2. The first-order valence-corrected chi connectivity index (χ1v) is 6.25. The van der Waals surface area contributed by atoms with Crippen LogP contribution in [0.1, 0.15) is 28.6 Å². The summed E-state index contributed by atoms with van der Waals surface area (Å²) in [7, 11) is 0. The summed E-state index contributed by atoms with van der Waals surface area (Å²) in [6.07, 6.45) is 0.625. The fourth-order valence-electron chi connectivity index (χ4n) is 2.22. The van der Waals surface area contributed by atoms with Crippen molar-refractivity contribution in [3.63, 3.8) is 0 Å². The first-order valence-electron chi connectivity index (χ1n) is 6.25. The molecule has 3 N–H and O–H groups in total. The number of nitrogens with one attached hydrogen (secondary N) is 1. The van der Waals surface area contributed by atoms with Crippen molar-refractivity contribution in [3.8, 4) is 0 Å². The van der Waals surface area contributed by atoms with Crippen LogP contribution in [0, 0.1) is 19.7 Å². The van der Waals surface area contributed by atoms with Gasteiger partial charge in [0.1, 0.15) is 5.82 Å². The third-order valence-corrected chi connectivity index (χ3v) is 3.17. The second-order valence-electron chi connectivity index (χ2n) is 4.68. The number of rotatable bonds is 4. The van der Waals surface area contributed by atoms with Gasteiger partial charge in [-0.15, -0.1) is 0 Å². The van der Waals surface area contributed by atoms with Crippen LogP contribution in [0.15, 0.2) is 36.4 Å². The first-order chi connectivity index (χ1) is 9.10. The molecule has 0 radical (unpaired) electrons. The lowest BCUT2D eigenvalue weighted by atomic mass is 9.98. The highest BCUT2D eigenvalue weighted by molar-refractivity contribution is 5.28. The number of nitrogens with zero attached hydrogens (tertiary/aromatic N) is 1. The van der Waals surface area contributed by atoms with Crippen molar-refractivity contribution < 1.29 is 4.39 Å². The predicted molar refractivity (Wildman–Crippen MR) is 73.9 cm³/mol. The average Bonchev–Trinajstić information content (AvgIpc) is 2.37. The molecule has 100 valence electrons. The number of halogens is 1. The zero-order valence-corrected chi connectivity index (χ0v) is 11.2. The van der Waals surface area contributed by atoms with Gasteiger partial charge in [0.05, 0.1) is 6.04 Å². The second kappa shape index (κ2) is 5.91. The van der Waals surface area contributed by atoms with Crippen LogP contribution in [0.5, 0.6) is 0 Å². The first kappa shape index (κ1) is 13.6. The van der Waals surface area contributed by atoms with Gasteiger partial charge in [0, 0.05) is 11.4 Å². The van der Waals surface area contributed by atoms with Gasteiger partial charge in [-0.2, -0.15) is 0 Å². The average molecular weight is 259 g/mol. The quantitative estimate of drug-likeness (QED) is 0.655. The molecule has 0 amide bonds. The maximum Gasteiger partial charge on any atom is 0.123 e. The number of nitrogens with two attached hydrogens (primary N) is 1. The Morgan fingerprint density at radius 3 is 2.68 bits per heavy atom. The number of aryl methyl sites for hydroxylation is 2. The smallest absolute Gasteiger partial charge is 0.123 e. The molecule has 1 atom stereocenters. The van der Waals surface area contributed by atoms with Crippen molar-refractivity contribution in [2.75, 3.05) is 0 Å². The number of aromatic nitrogens is 1. The molecule has 1 aromatic heterocycles. The van der Waals surface area contributed by atoms with Crippen LogP contribution in [0.2, 0.25) is 0 Å².